The third-order valence-electron chi connectivity index (χ3n) is 2.19. The summed E-state index contributed by atoms with van der Waals surface area (Å²) in [5, 5.41) is 3.47. The number of nitrogens with one attached hydrogen (secondary N) is 1. The number of hydrogen-bond donors (Lipinski definition) is 1. The van der Waals surface area contributed by atoms with Gasteiger partial charge in [0.15, 0.2) is 0 Å². The molecule has 0 aromatic heterocycles. The first-order chi connectivity index (χ1) is 7.03. The molecule has 0 saturated carbocycles. The fourth-order valence-corrected chi connectivity index (χ4v) is 1.72. The van der Waals surface area contributed by atoms with Crippen molar-refractivity contribution in [2.24, 2.45) is 0 Å². The van der Waals surface area contributed by atoms with E-state index in [2.05, 4.69) is 66.0 Å². The molecule has 1 aromatic rings. The van der Waals surface area contributed by atoms with Gasteiger partial charge >= 0.3 is 0 Å². The Morgan fingerprint density at radius 1 is 1.27 bits per heavy atom. The van der Waals surface area contributed by atoms with E-state index < -0.39 is 0 Å². The predicted molar refractivity (Wildman–Crippen MR) is 72.0 cm³/mol. The minimum absolute atomic E-state index is 0.0255. The molecule has 2 nitrogen and oxygen atoms in total. The van der Waals surface area contributed by atoms with Crippen molar-refractivity contribution in [2.75, 3.05) is 13.7 Å². The Hall–Kier alpha value is -0.130. The topological polar surface area (TPSA) is 21.3 Å². The van der Waals surface area contributed by atoms with E-state index in [1.807, 2.05) is 0 Å². The Kier molecular flexibility index (Phi) is 5.02. The molecular formula is C12H18INO. The van der Waals surface area contributed by atoms with E-state index >= 15 is 0 Å². The normalized spacial score (nSPS) is 11.7. The third kappa shape index (κ3) is 4.95. The fourth-order valence-electron chi connectivity index (χ4n) is 1.36. The molecule has 0 unspecified atom stereocenters. The van der Waals surface area contributed by atoms with Gasteiger partial charge in [-0.1, -0.05) is 12.1 Å². The van der Waals surface area contributed by atoms with Crippen LogP contribution in [0.4, 0.5) is 0 Å². The first-order valence-corrected chi connectivity index (χ1v) is 6.10. The summed E-state index contributed by atoms with van der Waals surface area (Å²) < 4.78 is 6.42. The third-order valence-corrected chi connectivity index (χ3v) is 2.91. The fraction of sp³-hybridized carbons (Fsp3) is 0.500. The van der Waals surface area contributed by atoms with E-state index in [1.165, 1.54) is 9.13 Å². The van der Waals surface area contributed by atoms with Gasteiger partial charge in [0.2, 0.25) is 0 Å². The van der Waals surface area contributed by atoms with Crippen molar-refractivity contribution in [3.63, 3.8) is 0 Å². The second-order valence-corrected chi connectivity index (χ2v) is 5.54. The zero-order chi connectivity index (χ0) is 11.3. The number of hydrogen-bond acceptors (Lipinski definition) is 2. The summed E-state index contributed by atoms with van der Waals surface area (Å²) in [7, 11) is 1.73. The molecule has 0 radical (unpaired) electrons. The Labute approximate surface area is 106 Å². The molecule has 0 atom stereocenters. The molecule has 1 rings (SSSR count). The van der Waals surface area contributed by atoms with Crippen LogP contribution in [0.1, 0.15) is 19.4 Å². The number of rotatable bonds is 5. The first kappa shape index (κ1) is 12.9. The highest BCUT2D eigenvalue weighted by molar-refractivity contribution is 14.1. The average molecular weight is 319 g/mol. The standard InChI is InChI=1S/C12H18INO/c1-12(2,9-15-3)14-8-10-4-6-11(13)7-5-10/h4-7,14H,8-9H2,1-3H3. The van der Waals surface area contributed by atoms with Crippen molar-refractivity contribution in [3.8, 4) is 0 Å². The van der Waals surface area contributed by atoms with Gasteiger partial charge in [0.05, 0.1) is 6.61 Å². The van der Waals surface area contributed by atoms with Gasteiger partial charge in [-0.2, -0.15) is 0 Å². The van der Waals surface area contributed by atoms with Crippen molar-refractivity contribution in [1.82, 2.24) is 5.32 Å². The predicted octanol–water partition coefficient (Wildman–Crippen LogP) is 2.81. The molecule has 1 aromatic carbocycles. The van der Waals surface area contributed by atoms with Crippen LogP contribution in [0.3, 0.4) is 0 Å². The van der Waals surface area contributed by atoms with Gasteiger partial charge in [0.25, 0.3) is 0 Å². The summed E-state index contributed by atoms with van der Waals surface area (Å²) in [4.78, 5) is 0. The molecular weight excluding hydrogens is 301 g/mol. The Balaban J connectivity index is 2.46. The smallest absolute Gasteiger partial charge is 0.0639 e. The molecule has 0 fully saturated rings. The number of methoxy groups -OCH3 is 1. The SMILES string of the molecule is COCC(C)(C)NCc1ccc(I)cc1. The molecule has 0 aliphatic rings. The molecule has 0 heterocycles. The summed E-state index contributed by atoms with van der Waals surface area (Å²) in [5.74, 6) is 0. The van der Waals surface area contributed by atoms with E-state index in [0.717, 1.165) is 13.2 Å². The lowest BCUT2D eigenvalue weighted by molar-refractivity contribution is 0.128. The molecule has 0 spiro atoms. The van der Waals surface area contributed by atoms with Gasteiger partial charge < -0.3 is 10.1 Å². The second kappa shape index (κ2) is 5.82. The maximum absolute atomic E-state index is 5.15. The van der Waals surface area contributed by atoms with Crippen molar-refractivity contribution in [3.05, 3.63) is 33.4 Å². The summed E-state index contributed by atoms with van der Waals surface area (Å²) in [6.07, 6.45) is 0. The molecule has 0 aliphatic heterocycles. The van der Waals surface area contributed by atoms with Crippen LogP contribution < -0.4 is 5.32 Å². The van der Waals surface area contributed by atoms with E-state index in [1.54, 1.807) is 7.11 Å². The van der Waals surface area contributed by atoms with Gasteiger partial charge in [0, 0.05) is 22.8 Å². The quantitative estimate of drug-likeness (QED) is 0.843. The molecule has 0 bridgehead atoms. The van der Waals surface area contributed by atoms with E-state index in [0.29, 0.717) is 0 Å². The molecule has 1 N–H and O–H groups in total. The summed E-state index contributed by atoms with van der Waals surface area (Å²) in [5.41, 5.74) is 1.33. The highest BCUT2D eigenvalue weighted by Gasteiger charge is 2.15. The minimum atomic E-state index is 0.0255. The van der Waals surface area contributed by atoms with Crippen molar-refractivity contribution < 1.29 is 4.74 Å². The van der Waals surface area contributed by atoms with Crippen LogP contribution >= 0.6 is 22.6 Å². The van der Waals surface area contributed by atoms with Crippen LogP contribution in [-0.2, 0) is 11.3 Å². The monoisotopic (exact) mass is 319 g/mol. The van der Waals surface area contributed by atoms with Crippen molar-refractivity contribution in [1.29, 1.82) is 0 Å². The summed E-state index contributed by atoms with van der Waals surface area (Å²) >= 11 is 2.31. The lowest BCUT2D eigenvalue weighted by Crippen LogP contribution is -2.42. The van der Waals surface area contributed by atoms with Crippen LogP contribution in [0, 0.1) is 3.57 Å². The van der Waals surface area contributed by atoms with Crippen LogP contribution in [0.25, 0.3) is 0 Å². The Morgan fingerprint density at radius 3 is 2.40 bits per heavy atom. The first-order valence-electron chi connectivity index (χ1n) is 5.02. The van der Waals surface area contributed by atoms with Gasteiger partial charge in [-0.3, -0.25) is 0 Å². The molecule has 15 heavy (non-hydrogen) atoms. The molecule has 0 amide bonds. The number of halogens is 1. The van der Waals surface area contributed by atoms with E-state index in [9.17, 15) is 0 Å². The number of benzene rings is 1. The zero-order valence-corrected chi connectivity index (χ0v) is 11.7. The second-order valence-electron chi connectivity index (χ2n) is 4.30. The van der Waals surface area contributed by atoms with Crippen molar-refractivity contribution >= 4 is 22.6 Å². The van der Waals surface area contributed by atoms with E-state index in [4.69, 9.17) is 4.74 Å². The minimum Gasteiger partial charge on any atom is -0.383 e. The van der Waals surface area contributed by atoms with Gasteiger partial charge in [0.1, 0.15) is 0 Å². The molecule has 0 aliphatic carbocycles. The lowest BCUT2D eigenvalue weighted by atomic mass is 10.1. The van der Waals surface area contributed by atoms with Crippen LogP contribution in [0.2, 0.25) is 0 Å². The largest absolute Gasteiger partial charge is 0.383 e. The summed E-state index contributed by atoms with van der Waals surface area (Å²) in [6.45, 7) is 5.89. The molecule has 0 saturated heterocycles. The van der Waals surface area contributed by atoms with Crippen LogP contribution in [0.15, 0.2) is 24.3 Å². The lowest BCUT2D eigenvalue weighted by Gasteiger charge is -2.25. The maximum atomic E-state index is 5.15. The van der Waals surface area contributed by atoms with Gasteiger partial charge in [-0.05, 0) is 54.1 Å². The van der Waals surface area contributed by atoms with Crippen molar-refractivity contribution in [2.45, 2.75) is 25.9 Å². The average Bonchev–Trinajstić information content (AvgIpc) is 2.17. The summed E-state index contributed by atoms with van der Waals surface area (Å²) in [6, 6.07) is 8.55. The molecule has 84 valence electrons. The van der Waals surface area contributed by atoms with Gasteiger partial charge in [-0.25, -0.2) is 0 Å². The zero-order valence-electron chi connectivity index (χ0n) is 9.51. The van der Waals surface area contributed by atoms with Gasteiger partial charge in [-0.15, -0.1) is 0 Å². The van der Waals surface area contributed by atoms with Crippen LogP contribution in [0.5, 0.6) is 0 Å². The van der Waals surface area contributed by atoms with Crippen LogP contribution in [-0.4, -0.2) is 19.3 Å². The Bertz CT molecular complexity index is 295. The number of ether oxygens (including phenoxy) is 1. The highest BCUT2D eigenvalue weighted by Crippen LogP contribution is 2.09. The Morgan fingerprint density at radius 2 is 1.87 bits per heavy atom. The molecule has 3 heteroatoms. The van der Waals surface area contributed by atoms with E-state index in [-0.39, 0.29) is 5.54 Å². The maximum Gasteiger partial charge on any atom is 0.0639 e. The highest BCUT2D eigenvalue weighted by atomic mass is 127.